The summed E-state index contributed by atoms with van der Waals surface area (Å²) in [5, 5.41) is 0. The van der Waals surface area contributed by atoms with E-state index in [1.54, 1.807) is 0 Å². The molecule has 0 spiro atoms. The first kappa shape index (κ1) is 12.9. The van der Waals surface area contributed by atoms with Crippen LogP contribution < -0.4 is 11.5 Å². The highest BCUT2D eigenvalue weighted by molar-refractivity contribution is 5.56. The van der Waals surface area contributed by atoms with Crippen LogP contribution in [0.15, 0.2) is 18.2 Å². The SMILES string of the molecule is CCCCCCC(C)c1cc(N)ccc1N. The van der Waals surface area contributed by atoms with Crippen molar-refractivity contribution in [3.8, 4) is 0 Å². The third-order valence-corrected chi connectivity index (χ3v) is 3.13. The molecule has 90 valence electrons. The fourth-order valence-corrected chi connectivity index (χ4v) is 2.05. The zero-order valence-corrected chi connectivity index (χ0v) is 10.5. The van der Waals surface area contributed by atoms with Gasteiger partial charge in [0, 0.05) is 11.4 Å². The topological polar surface area (TPSA) is 52.0 Å². The minimum absolute atomic E-state index is 0.514. The lowest BCUT2D eigenvalue weighted by molar-refractivity contribution is 0.581. The Kier molecular flexibility index (Phi) is 5.17. The van der Waals surface area contributed by atoms with Gasteiger partial charge in [0.1, 0.15) is 0 Å². The molecule has 2 nitrogen and oxygen atoms in total. The van der Waals surface area contributed by atoms with E-state index in [1.165, 1.54) is 37.7 Å². The molecule has 16 heavy (non-hydrogen) atoms. The fourth-order valence-electron chi connectivity index (χ4n) is 2.05. The summed E-state index contributed by atoms with van der Waals surface area (Å²) < 4.78 is 0. The van der Waals surface area contributed by atoms with Crippen LogP contribution in [0.25, 0.3) is 0 Å². The molecule has 1 aromatic rings. The number of hydrogen-bond donors (Lipinski definition) is 2. The lowest BCUT2D eigenvalue weighted by atomic mass is 9.93. The van der Waals surface area contributed by atoms with E-state index in [0.29, 0.717) is 5.92 Å². The van der Waals surface area contributed by atoms with Crippen LogP contribution in [0.5, 0.6) is 0 Å². The lowest BCUT2D eigenvalue weighted by Gasteiger charge is -2.14. The molecular formula is C14H24N2. The molecule has 0 saturated carbocycles. The molecule has 0 bridgehead atoms. The Morgan fingerprint density at radius 3 is 2.56 bits per heavy atom. The molecule has 0 heterocycles. The van der Waals surface area contributed by atoms with Crippen molar-refractivity contribution in [2.75, 3.05) is 11.5 Å². The van der Waals surface area contributed by atoms with E-state index >= 15 is 0 Å². The number of rotatable bonds is 6. The Morgan fingerprint density at radius 1 is 1.12 bits per heavy atom. The van der Waals surface area contributed by atoms with Crippen LogP contribution in [0, 0.1) is 0 Å². The predicted molar refractivity (Wildman–Crippen MR) is 72.4 cm³/mol. The van der Waals surface area contributed by atoms with E-state index < -0.39 is 0 Å². The average Bonchev–Trinajstić information content (AvgIpc) is 2.27. The summed E-state index contributed by atoms with van der Waals surface area (Å²) in [5.41, 5.74) is 14.6. The lowest BCUT2D eigenvalue weighted by Crippen LogP contribution is -2.01. The standard InChI is InChI=1S/C14H24N2/c1-3-4-5-6-7-11(2)13-10-12(15)8-9-14(13)16/h8-11H,3-7,15-16H2,1-2H3. The number of nitrogens with two attached hydrogens (primary N) is 2. The summed E-state index contributed by atoms with van der Waals surface area (Å²) in [6.45, 7) is 4.47. The maximum atomic E-state index is 5.97. The molecule has 0 amide bonds. The summed E-state index contributed by atoms with van der Waals surface area (Å²) in [6.07, 6.45) is 6.42. The molecule has 0 aliphatic rings. The minimum atomic E-state index is 0.514. The van der Waals surface area contributed by atoms with E-state index in [2.05, 4.69) is 13.8 Å². The molecule has 0 saturated heterocycles. The average molecular weight is 220 g/mol. The van der Waals surface area contributed by atoms with Crippen molar-refractivity contribution in [2.45, 2.75) is 51.9 Å². The van der Waals surface area contributed by atoms with Crippen molar-refractivity contribution in [1.82, 2.24) is 0 Å². The van der Waals surface area contributed by atoms with Gasteiger partial charge in [-0.05, 0) is 36.1 Å². The summed E-state index contributed by atoms with van der Waals surface area (Å²) in [6, 6.07) is 5.79. The van der Waals surface area contributed by atoms with Gasteiger partial charge in [0.2, 0.25) is 0 Å². The number of benzene rings is 1. The van der Waals surface area contributed by atoms with Gasteiger partial charge in [0.05, 0.1) is 0 Å². The number of unbranched alkanes of at least 4 members (excludes halogenated alkanes) is 3. The molecule has 0 fully saturated rings. The van der Waals surface area contributed by atoms with Crippen LogP contribution in [0.3, 0.4) is 0 Å². The van der Waals surface area contributed by atoms with Crippen LogP contribution in [0.2, 0.25) is 0 Å². The summed E-state index contributed by atoms with van der Waals surface area (Å²) in [4.78, 5) is 0. The van der Waals surface area contributed by atoms with Gasteiger partial charge in [-0.15, -0.1) is 0 Å². The molecule has 0 aliphatic heterocycles. The van der Waals surface area contributed by atoms with Crippen molar-refractivity contribution in [2.24, 2.45) is 0 Å². The molecule has 0 radical (unpaired) electrons. The van der Waals surface area contributed by atoms with Gasteiger partial charge in [-0.1, -0.05) is 39.5 Å². The minimum Gasteiger partial charge on any atom is -0.399 e. The van der Waals surface area contributed by atoms with Gasteiger partial charge >= 0.3 is 0 Å². The van der Waals surface area contributed by atoms with Gasteiger partial charge < -0.3 is 11.5 Å². The maximum Gasteiger partial charge on any atom is 0.0350 e. The molecule has 1 unspecified atom stereocenters. The van der Waals surface area contributed by atoms with E-state index in [0.717, 1.165) is 11.4 Å². The molecular weight excluding hydrogens is 196 g/mol. The Balaban J connectivity index is 2.51. The number of anilines is 2. The Labute approximate surface area is 99.0 Å². The normalized spacial score (nSPS) is 12.6. The maximum absolute atomic E-state index is 5.97. The highest BCUT2D eigenvalue weighted by Gasteiger charge is 2.09. The largest absolute Gasteiger partial charge is 0.399 e. The zero-order chi connectivity index (χ0) is 12.0. The van der Waals surface area contributed by atoms with Gasteiger partial charge in [-0.25, -0.2) is 0 Å². The smallest absolute Gasteiger partial charge is 0.0350 e. The van der Waals surface area contributed by atoms with Gasteiger partial charge in [-0.3, -0.25) is 0 Å². The van der Waals surface area contributed by atoms with Crippen LogP contribution in [0.1, 0.15) is 57.4 Å². The summed E-state index contributed by atoms with van der Waals surface area (Å²) in [5.74, 6) is 0.514. The second-order valence-electron chi connectivity index (χ2n) is 4.64. The molecule has 0 aliphatic carbocycles. The van der Waals surface area contributed by atoms with E-state index in [4.69, 9.17) is 11.5 Å². The van der Waals surface area contributed by atoms with Gasteiger partial charge in [0.25, 0.3) is 0 Å². The van der Waals surface area contributed by atoms with Crippen molar-refractivity contribution in [3.05, 3.63) is 23.8 Å². The van der Waals surface area contributed by atoms with Crippen LogP contribution in [-0.4, -0.2) is 0 Å². The fraction of sp³-hybridized carbons (Fsp3) is 0.571. The zero-order valence-electron chi connectivity index (χ0n) is 10.5. The molecule has 2 heteroatoms. The van der Waals surface area contributed by atoms with E-state index in [1.807, 2.05) is 18.2 Å². The van der Waals surface area contributed by atoms with Crippen molar-refractivity contribution < 1.29 is 0 Å². The molecule has 4 N–H and O–H groups in total. The summed E-state index contributed by atoms with van der Waals surface area (Å²) in [7, 11) is 0. The second kappa shape index (κ2) is 6.41. The van der Waals surface area contributed by atoms with Crippen molar-refractivity contribution in [1.29, 1.82) is 0 Å². The van der Waals surface area contributed by atoms with E-state index in [9.17, 15) is 0 Å². The molecule has 1 rings (SSSR count). The molecule has 1 atom stereocenters. The summed E-state index contributed by atoms with van der Waals surface area (Å²) >= 11 is 0. The predicted octanol–water partition coefficient (Wildman–Crippen LogP) is 3.92. The van der Waals surface area contributed by atoms with Crippen molar-refractivity contribution >= 4 is 11.4 Å². The van der Waals surface area contributed by atoms with Crippen LogP contribution in [0.4, 0.5) is 11.4 Å². The third-order valence-electron chi connectivity index (χ3n) is 3.13. The monoisotopic (exact) mass is 220 g/mol. The first-order chi connectivity index (χ1) is 7.65. The third kappa shape index (κ3) is 3.76. The first-order valence-electron chi connectivity index (χ1n) is 6.30. The quantitative estimate of drug-likeness (QED) is 0.564. The van der Waals surface area contributed by atoms with Gasteiger partial charge in [-0.2, -0.15) is 0 Å². The Bertz CT molecular complexity index is 321. The Hall–Kier alpha value is -1.18. The number of nitrogen functional groups attached to an aromatic ring is 2. The number of hydrogen-bond acceptors (Lipinski definition) is 2. The van der Waals surface area contributed by atoms with Crippen molar-refractivity contribution in [3.63, 3.8) is 0 Å². The van der Waals surface area contributed by atoms with Crippen LogP contribution in [-0.2, 0) is 0 Å². The second-order valence-corrected chi connectivity index (χ2v) is 4.64. The Morgan fingerprint density at radius 2 is 1.88 bits per heavy atom. The molecule has 0 aromatic heterocycles. The highest BCUT2D eigenvalue weighted by Crippen LogP contribution is 2.28. The van der Waals surface area contributed by atoms with E-state index in [-0.39, 0.29) is 0 Å². The molecule has 1 aromatic carbocycles. The van der Waals surface area contributed by atoms with Gasteiger partial charge in [0.15, 0.2) is 0 Å². The highest BCUT2D eigenvalue weighted by atomic mass is 14.6. The first-order valence-corrected chi connectivity index (χ1v) is 6.30. The van der Waals surface area contributed by atoms with Crippen LogP contribution >= 0.6 is 0 Å².